The fourth-order valence-electron chi connectivity index (χ4n) is 3.33. The molecule has 8 nitrogen and oxygen atoms in total. The van der Waals surface area contributed by atoms with E-state index in [1.165, 1.54) is 4.90 Å². The number of phenols is 1. The molecule has 9 heteroatoms. The zero-order chi connectivity index (χ0) is 21.3. The number of thiophene rings is 1. The summed E-state index contributed by atoms with van der Waals surface area (Å²) in [6, 6.07) is 10.5. The summed E-state index contributed by atoms with van der Waals surface area (Å²) in [7, 11) is 0. The van der Waals surface area contributed by atoms with Crippen molar-refractivity contribution in [3.63, 3.8) is 0 Å². The lowest BCUT2D eigenvalue weighted by atomic mass is 10.0. The van der Waals surface area contributed by atoms with Gasteiger partial charge in [-0.15, -0.1) is 11.3 Å². The van der Waals surface area contributed by atoms with Crippen LogP contribution in [0.1, 0.15) is 13.8 Å². The third-order valence-corrected chi connectivity index (χ3v) is 5.96. The quantitative estimate of drug-likeness (QED) is 0.525. The Morgan fingerprint density at radius 1 is 1.23 bits per heavy atom. The minimum atomic E-state index is -0.880. The molecule has 0 atom stereocenters. The molecule has 3 amide bonds. The molecule has 1 aromatic carbocycles. The van der Waals surface area contributed by atoms with Crippen molar-refractivity contribution >= 4 is 29.2 Å². The van der Waals surface area contributed by atoms with Gasteiger partial charge >= 0.3 is 6.03 Å². The average molecular weight is 423 g/mol. The number of imide groups is 1. The molecular weight excluding hydrogens is 402 g/mol. The summed E-state index contributed by atoms with van der Waals surface area (Å²) in [5, 5.41) is 17.2. The molecule has 3 heterocycles. The van der Waals surface area contributed by atoms with E-state index in [0.717, 1.165) is 21.7 Å². The van der Waals surface area contributed by atoms with E-state index < -0.39 is 11.6 Å². The van der Waals surface area contributed by atoms with Crippen LogP contribution in [0.3, 0.4) is 0 Å². The number of anilines is 1. The molecule has 30 heavy (non-hydrogen) atoms. The first-order chi connectivity index (χ1) is 14.4. The van der Waals surface area contributed by atoms with Crippen LogP contribution in [-0.2, 0) is 4.79 Å². The van der Waals surface area contributed by atoms with E-state index >= 15 is 0 Å². The Kier molecular flexibility index (Phi) is 5.13. The Labute approximate surface area is 177 Å². The number of rotatable bonds is 6. The van der Waals surface area contributed by atoms with Crippen molar-refractivity contribution in [2.45, 2.75) is 19.4 Å². The van der Waals surface area contributed by atoms with E-state index in [0.29, 0.717) is 19.0 Å². The SMILES string of the molecule is CC1(C)C(=O)NC(=O)N1CCNc1nccc(-c2sccc2-c2cccc(O)c2)n1. The predicted molar refractivity (Wildman–Crippen MR) is 115 cm³/mol. The lowest BCUT2D eigenvalue weighted by Crippen LogP contribution is -2.46. The van der Waals surface area contributed by atoms with Crippen molar-refractivity contribution in [3.05, 3.63) is 48.0 Å². The Morgan fingerprint density at radius 3 is 2.80 bits per heavy atom. The van der Waals surface area contributed by atoms with Crippen molar-refractivity contribution in [2.24, 2.45) is 0 Å². The van der Waals surface area contributed by atoms with Crippen LogP contribution >= 0.6 is 11.3 Å². The molecule has 0 unspecified atom stereocenters. The molecule has 1 saturated heterocycles. The van der Waals surface area contributed by atoms with E-state index in [-0.39, 0.29) is 11.7 Å². The molecule has 0 saturated carbocycles. The lowest BCUT2D eigenvalue weighted by molar-refractivity contribution is -0.125. The van der Waals surface area contributed by atoms with Gasteiger partial charge in [0, 0.05) is 24.8 Å². The topological polar surface area (TPSA) is 107 Å². The minimum absolute atomic E-state index is 0.210. The number of aromatic nitrogens is 2. The van der Waals surface area contributed by atoms with Gasteiger partial charge in [0.15, 0.2) is 0 Å². The highest BCUT2D eigenvalue weighted by molar-refractivity contribution is 7.14. The van der Waals surface area contributed by atoms with Crippen molar-refractivity contribution in [2.75, 3.05) is 18.4 Å². The van der Waals surface area contributed by atoms with Crippen molar-refractivity contribution in [1.29, 1.82) is 0 Å². The van der Waals surface area contributed by atoms with Crippen molar-refractivity contribution < 1.29 is 14.7 Å². The molecule has 1 fully saturated rings. The highest BCUT2D eigenvalue weighted by Crippen LogP contribution is 2.37. The van der Waals surface area contributed by atoms with Crippen LogP contribution in [0.5, 0.6) is 5.75 Å². The van der Waals surface area contributed by atoms with Crippen LogP contribution in [0, 0.1) is 0 Å². The molecule has 3 aromatic rings. The zero-order valence-corrected chi connectivity index (χ0v) is 17.4. The maximum absolute atomic E-state index is 12.0. The smallest absolute Gasteiger partial charge is 0.325 e. The minimum Gasteiger partial charge on any atom is -0.508 e. The molecule has 4 rings (SSSR count). The fraction of sp³-hybridized carbons (Fsp3) is 0.238. The largest absolute Gasteiger partial charge is 0.508 e. The molecule has 3 N–H and O–H groups in total. The van der Waals surface area contributed by atoms with Crippen LogP contribution in [-0.4, -0.2) is 50.5 Å². The summed E-state index contributed by atoms with van der Waals surface area (Å²) >= 11 is 1.56. The van der Waals surface area contributed by atoms with E-state index in [1.54, 1.807) is 49.6 Å². The number of amides is 3. The fourth-order valence-corrected chi connectivity index (χ4v) is 4.22. The molecule has 0 radical (unpaired) electrons. The van der Waals surface area contributed by atoms with Crippen molar-refractivity contribution in [1.82, 2.24) is 20.2 Å². The first-order valence-corrected chi connectivity index (χ1v) is 10.3. The maximum atomic E-state index is 12.0. The summed E-state index contributed by atoms with van der Waals surface area (Å²) in [5.74, 6) is 0.344. The monoisotopic (exact) mass is 423 g/mol. The first-order valence-electron chi connectivity index (χ1n) is 9.43. The number of hydrogen-bond acceptors (Lipinski definition) is 7. The summed E-state index contributed by atoms with van der Waals surface area (Å²) in [4.78, 5) is 35.1. The molecule has 1 aliphatic heterocycles. The Morgan fingerprint density at radius 2 is 2.07 bits per heavy atom. The van der Waals surface area contributed by atoms with Gasteiger partial charge in [0.25, 0.3) is 5.91 Å². The number of hydrogen-bond donors (Lipinski definition) is 3. The van der Waals surface area contributed by atoms with Crippen LogP contribution < -0.4 is 10.6 Å². The summed E-state index contributed by atoms with van der Waals surface area (Å²) in [6.07, 6.45) is 1.67. The van der Waals surface area contributed by atoms with Gasteiger partial charge in [0.2, 0.25) is 5.95 Å². The van der Waals surface area contributed by atoms with Gasteiger partial charge < -0.3 is 15.3 Å². The molecular formula is C21H21N5O3S. The number of benzene rings is 1. The third kappa shape index (κ3) is 3.71. The van der Waals surface area contributed by atoms with Crippen LogP contribution in [0.25, 0.3) is 21.7 Å². The van der Waals surface area contributed by atoms with Gasteiger partial charge in [-0.25, -0.2) is 14.8 Å². The second kappa shape index (κ2) is 7.75. The third-order valence-electron chi connectivity index (χ3n) is 5.03. The van der Waals surface area contributed by atoms with Crippen LogP contribution in [0.4, 0.5) is 10.7 Å². The van der Waals surface area contributed by atoms with Gasteiger partial charge in [-0.3, -0.25) is 10.1 Å². The van der Waals surface area contributed by atoms with Gasteiger partial charge in [-0.05, 0) is 49.1 Å². The molecule has 0 aliphatic carbocycles. The molecule has 2 aromatic heterocycles. The number of carbonyl (C=O) groups excluding carboxylic acids is 2. The highest BCUT2D eigenvalue weighted by Gasteiger charge is 2.44. The number of carbonyl (C=O) groups is 2. The van der Waals surface area contributed by atoms with Gasteiger partial charge in [0.05, 0.1) is 10.6 Å². The van der Waals surface area contributed by atoms with E-state index in [2.05, 4.69) is 20.6 Å². The highest BCUT2D eigenvalue weighted by atomic mass is 32.1. The predicted octanol–water partition coefficient (Wildman–Crippen LogP) is 3.32. The second-order valence-corrected chi connectivity index (χ2v) is 8.29. The van der Waals surface area contributed by atoms with Gasteiger partial charge in [-0.1, -0.05) is 12.1 Å². The number of urea groups is 1. The molecule has 154 valence electrons. The summed E-state index contributed by atoms with van der Waals surface area (Å²) in [6.45, 7) is 4.16. The number of aromatic hydroxyl groups is 1. The maximum Gasteiger partial charge on any atom is 0.325 e. The Bertz CT molecular complexity index is 1110. The van der Waals surface area contributed by atoms with Gasteiger partial charge in [-0.2, -0.15) is 0 Å². The molecule has 0 spiro atoms. The summed E-state index contributed by atoms with van der Waals surface area (Å²) < 4.78 is 0. The molecule has 1 aliphatic rings. The molecule has 0 bridgehead atoms. The van der Waals surface area contributed by atoms with Gasteiger partial charge in [0.1, 0.15) is 11.3 Å². The van der Waals surface area contributed by atoms with E-state index in [4.69, 9.17) is 0 Å². The number of nitrogens with one attached hydrogen (secondary N) is 2. The standard InChI is InChI=1S/C21H21N5O3S/c1-21(2)18(28)25-20(29)26(21)10-9-23-19-22-8-6-16(24-19)17-15(7-11-30-17)13-4-3-5-14(27)12-13/h3-8,11-12,27H,9-10H2,1-2H3,(H,22,23,24)(H,25,28,29). The Balaban J connectivity index is 1.49. The zero-order valence-electron chi connectivity index (χ0n) is 16.5. The first kappa shape index (κ1) is 19.8. The number of nitrogens with zero attached hydrogens (tertiary/aromatic N) is 3. The Hall–Kier alpha value is -3.46. The van der Waals surface area contributed by atoms with Crippen LogP contribution in [0.2, 0.25) is 0 Å². The second-order valence-electron chi connectivity index (χ2n) is 7.38. The summed E-state index contributed by atoms with van der Waals surface area (Å²) in [5.41, 5.74) is 1.77. The normalized spacial score (nSPS) is 15.3. The van der Waals surface area contributed by atoms with Crippen LogP contribution in [0.15, 0.2) is 48.0 Å². The number of phenolic OH excluding ortho intramolecular Hbond substituents is 1. The average Bonchev–Trinajstić information content (AvgIpc) is 3.27. The lowest BCUT2D eigenvalue weighted by Gasteiger charge is -2.27. The van der Waals surface area contributed by atoms with E-state index in [1.807, 2.05) is 23.6 Å². The van der Waals surface area contributed by atoms with Crippen molar-refractivity contribution in [3.8, 4) is 27.4 Å². The van der Waals surface area contributed by atoms with E-state index in [9.17, 15) is 14.7 Å².